The van der Waals surface area contributed by atoms with E-state index >= 15 is 0 Å². The van der Waals surface area contributed by atoms with E-state index in [0.717, 1.165) is 0 Å². The van der Waals surface area contributed by atoms with E-state index in [4.69, 9.17) is 16.5 Å². The average molecular weight is 413 g/mol. The van der Waals surface area contributed by atoms with Gasteiger partial charge in [-0.15, -0.1) is 0 Å². The van der Waals surface area contributed by atoms with Crippen LogP contribution in [0, 0.1) is 0 Å². The van der Waals surface area contributed by atoms with E-state index in [9.17, 15) is 0 Å². The van der Waals surface area contributed by atoms with Crippen molar-refractivity contribution >= 4 is 43.0 Å². The quantitative estimate of drug-likeness (QED) is 0.440. The largest absolute Gasteiger partial charge is 0.439 e. The molecule has 0 aliphatic heterocycles. The van der Waals surface area contributed by atoms with Gasteiger partial charge in [-0.25, -0.2) is 0 Å². The molecule has 9 heteroatoms. The maximum absolute atomic E-state index is 6.46. The highest BCUT2D eigenvalue weighted by atomic mass is 28.5. The van der Waals surface area contributed by atoms with Crippen LogP contribution < -0.4 is 0 Å². The molecular formula is C14H40O4Si5. The van der Waals surface area contributed by atoms with Crippen LogP contribution in [0.1, 0.15) is 19.8 Å². The van der Waals surface area contributed by atoms with Gasteiger partial charge in [0.25, 0.3) is 0 Å². The fourth-order valence-electron chi connectivity index (χ4n) is 3.02. The summed E-state index contributed by atoms with van der Waals surface area (Å²) in [4.78, 5) is 0. The van der Waals surface area contributed by atoms with Crippen molar-refractivity contribution < 1.29 is 16.5 Å². The molecule has 23 heavy (non-hydrogen) atoms. The molecule has 0 aromatic heterocycles. The summed E-state index contributed by atoms with van der Waals surface area (Å²) >= 11 is 0. The van der Waals surface area contributed by atoms with Crippen molar-refractivity contribution in [1.82, 2.24) is 0 Å². The summed E-state index contributed by atoms with van der Waals surface area (Å²) < 4.78 is 25.6. The van der Waals surface area contributed by atoms with Crippen LogP contribution in [0.3, 0.4) is 0 Å². The predicted octanol–water partition coefficient (Wildman–Crippen LogP) is 5.15. The minimum absolute atomic E-state index is 1.13. The Bertz CT molecular complexity index is 356. The normalized spacial score (nSPS) is 15.8. The van der Waals surface area contributed by atoms with Gasteiger partial charge in [0.2, 0.25) is 0 Å². The lowest BCUT2D eigenvalue weighted by Gasteiger charge is -2.40. The molecule has 0 rings (SSSR count). The molecule has 0 bridgehead atoms. The van der Waals surface area contributed by atoms with Gasteiger partial charge < -0.3 is 16.5 Å². The third kappa shape index (κ3) is 12.9. The molecule has 0 aromatic carbocycles. The van der Waals surface area contributed by atoms with Gasteiger partial charge in [-0.2, -0.15) is 0 Å². The molecule has 0 aliphatic rings. The molecule has 140 valence electrons. The number of hydrogen-bond acceptors (Lipinski definition) is 4. The maximum Gasteiger partial charge on any atom is 0.314 e. The van der Waals surface area contributed by atoms with E-state index in [-0.39, 0.29) is 0 Å². The third-order valence-corrected chi connectivity index (χ3v) is 20.4. The molecule has 0 spiro atoms. The molecular weight excluding hydrogens is 373 g/mol. The molecule has 0 saturated carbocycles. The first-order valence-corrected chi connectivity index (χ1v) is 23.2. The molecule has 1 atom stereocenters. The molecule has 0 amide bonds. The van der Waals surface area contributed by atoms with E-state index in [2.05, 4.69) is 72.4 Å². The van der Waals surface area contributed by atoms with E-state index in [1.807, 2.05) is 0 Å². The lowest BCUT2D eigenvalue weighted by atomic mass is 10.4. The van der Waals surface area contributed by atoms with Crippen molar-refractivity contribution in [3.8, 4) is 0 Å². The van der Waals surface area contributed by atoms with Crippen molar-refractivity contribution in [2.24, 2.45) is 0 Å². The summed E-state index contributed by atoms with van der Waals surface area (Å²) in [5, 5.41) is 0. The highest BCUT2D eigenvalue weighted by Gasteiger charge is 2.43. The van der Waals surface area contributed by atoms with Gasteiger partial charge in [-0.1, -0.05) is 19.8 Å². The van der Waals surface area contributed by atoms with Gasteiger partial charge in [-0.3, -0.25) is 0 Å². The first kappa shape index (κ1) is 23.9. The van der Waals surface area contributed by atoms with E-state index in [0.29, 0.717) is 0 Å². The van der Waals surface area contributed by atoms with Gasteiger partial charge in [0, 0.05) is 0 Å². The summed E-state index contributed by atoms with van der Waals surface area (Å²) in [6.45, 7) is 24.0. The molecule has 1 unspecified atom stereocenters. The minimum atomic E-state index is -2.25. The molecule has 0 heterocycles. The van der Waals surface area contributed by atoms with Crippen LogP contribution in [0.25, 0.3) is 0 Å². The van der Waals surface area contributed by atoms with Gasteiger partial charge in [0.1, 0.15) is 0 Å². The van der Waals surface area contributed by atoms with E-state index < -0.39 is 43.0 Å². The van der Waals surface area contributed by atoms with Gasteiger partial charge in [0.05, 0.1) is 0 Å². The van der Waals surface area contributed by atoms with Crippen LogP contribution in [0.15, 0.2) is 0 Å². The van der Waals surface area contributed by atoms with Crippen LogP contribution in [0.2, 0.25) is 71.5 Å². The fourth-order valence-corrected chi connectivity index (χ4v) is 25.4. The molecule has 0 saturated heterocycles. The highest BCUT2D eigenvalue weighted by Crippen LogP contribution is 2.24. The SMILES string of the molecule is CCCC[SiH](C)O[Si](C)(C)O[Si](C)(C)O[Si](C)(C)O[Si](C)(C)C. The molecule has 0 aliphatic carbocycles. The zero-order chi connectivity index (χ0) is 18.5. The van der Waals surface area contributed by atoms with Crippen LogP contribution in [-0.4, -0.2) is 43.0 Å². The Hall–Kier alpha value is 0.924. The monoisotopic (exact) mass is 412 g/mol. The Balaban J connectivity index is 4.69. The van der Waals surface area contributed by atoms with Crippen LogP contribution in [0.5, 0.6) is 0 Å². The lowest BCUT2D eigenvalue weighted by Crippen LogP contribution is -2.57. The molecule has 0 fully saturated rings. The standard InChI is InChI=1S/C14H40O4Si5/c1-12-13-14-19(2)15-21(6,7)17-23(10,11)18-22(8,9)16-20(3,4)5/h19H,12-14H2,1-11H3. The van der Waals surface area contributed by atoms with Crippen molar-refractivity contribution in [3.05, 3.63) is 0 Å². The number of rotatable bonds is 11. The van der Waals surface area contributed by atoms with Crippen molar-refractivity contribution in [3.63, 3.8) is 0 Å². The summed E-state index contributed by atoms with van der Waals surface area (Å²) in [5.74, 6) is 0. The van der Waals surface area contributed by atoms with E-state index in [1.54, 1.807) is 0 Å². The second kappa shape index (κ2) is 9.03. The smallest absolute Gasteiger partial charge is 0.314 e. The van der Waals surface area contributed by atoms with Crippen LogP contribution >= 0.6 is 0 Å². The Kier molecular flexibility index (Phi) is 9.40. The summed E-state index contributed by atoms with van der Waals surface area (Å²) in [6, 6.07) is 1.23. The molecule has 0 N–H and O–H groups in total. The van der Waals surface area contributed by atoms with Crippen LogP contribution in [0.4, 0.5) is 0 Å². The summed E-state index contributed by atoms with van der Waals surface area (Å²) in [7, 11) is -9.28. The van der Waals surface area contributed by atoms with Gasteiger partial charge in [0.15, 0.2) is 17.4 Å². The zero-order valence-corrected chi connectivity index (χ0v) is 22.5. The molecule has 0 radical (unpaired) electrons. The topological polar surface area (TPSA) is 36.9 Å². The summed E-state index contributed by atoms with van der Waals surface area (Å²) in [5.41, 5.74) is 0. The number of unbranched alkanes of at least 4 members (excludes halogenated alkanes) is 1. The van der Waals surface area contributed by atoms with E-state index in [1.165, 1.54) is 18.9 Å². The Morgan fingerprint density at radius 3 is 1.57 bits per heavy atom. The van der Waals surface area contributed by atoms with Gasteiger partial charge in [-0.05, 0) is 71.5 Å². The molecule has 4 nitrogen and oxygen atoms in total. The first-order chi connectivity index (χ1) is 10.1. The zero-order valence-electron chi connectivity index (χ0n) is 17.3. The Morgan fingerprint density at radius 1 is 0.696 bits per heavy atom. The third-order valence-electron chi connectivity index (χ3n) is 2.98. The Morgan fingerprint density at radius 2 is 1.13 bits per heavy atom. The minimum Gasteiger partial charge on any atom is -0.439 e. The Labute approximate surface area is 150 Å². The van der Waals surface area contributed by atoms with Crippen molar-refractivity contribution in [2.45, 2.75) is 91.3 Å². The molecule has 0 aromatic rings. The second-order valence-electron chi connectivity index (χ2n) is 8.69. The maximum atomic E-state index is 6.46. The second-order valence-corrected chi connectivity index (χ2v) is 26.9. The van der Waals surface area contributed by atoms with Gasteiger partial charge >= 0.3 is 25.7 Å². The highest BCUT2D eigenvalue weighted by molar-refractivity contribution is 6.89. The lowest BCUT2D eigenvalue weighted by molar-refractivity contribution is 0.301. The first-order valence-electron chi connectivity index (χ1n) is 8.86. The fraction of sp³-hybridized carbons (Fsp3) is 1.00. The van der Waals surface area contributed by atoms with Crippen LogP contribution in [-0.2, 0) is 16.5 Å². The number of hydrogen-bond donors (Lipinski definition) is 0. The predicted molar refractivity (Wildman–Crippen MR) is 113 cm³/mol. The van der Waals surface area contributed by atoms with Crippen molar-refractivity contribution in [2.75, 3.05) is 0 Å². The average Bonchev–Trinajstić information content (AvgIpc) is 2.17. The summed E-state index contributed by atoms with van der Waals surface area (Å²) in [6.07, 6.45) is 2.50. The van der Waals surface area contributed by atoms with Crippen molar-refractivity contribution in [1.29, 1.82) is 0 Å².